The highest BCUT2D eigenvalue weighted by atomic mass is 32.2. The molecule has 1 amide bonds. The van der Waals surface area contributed by atoms with E-state index in [9.17, 15) is 18.0 Å². The summed E-state index contributed by atoms with van der Waals surface area (Å²) in [5.74, 6) is -0.585. The van der Waals surface area contributed by atoms with Gasteiger partial charge in [0.2, 0.25) is 0 Å². The van der Waals surface area contributed by atoms with Crippen molar-refractivity contribution in [3.8, 4) is 0 Å². The molecule has 0 saturated carbocycles. The summed E-state index contributed by atoms with van der Waals surface area (Å²) in [5, 5.41) is 3.51. The maximum Gasteiger partial charge on any atom is 0.408 e. The summed E-state index contributed by atoms with van der Waals surface area (Å²) in [6.45, 7) is 12.5. The summed E-state index contributed by atoms with van der Waals surface area (Å²) in [7, 11) is -3.91. The highest BCUT2D eigenvalue weighted by Crippen LogP contribution is 2.24. The van der Waals surface area contributed by atoms with Crippen molar-refractivity contribution in [2.45, 2.75) is 83.6 Å². The van der Waals surface area contributed by atoms with Crippen molar-refractivity contribution in [2.24, 2.45) is 0 Å². The lowest BCUT2D eigenvalue weighted by Crippen LogP contribution is -2.47. The van der Waals surface area contributed by atoms with Crippen LogP contribution in [0.1, 0.15) is 52.7 Å². The molecule has 3 rings (SSSR count). The van der Waals surface area contributed by atoms with E-state index in [2.05, 4.69) is 5.32 Å². The Hall–Kier alpha value is -3.37. The molecule has 3 aromatic rings. The lowest BCUT2D eigenvalue weighted by molar-refractivity contribution is -0.157. The number of aromatic nitrogens is 1. The fourth-order valence-electron chi connectivity index (χ4n) is 3.92. The minimum absolute atomic E-state index is 0.0834. The Morgan fingerprint density at radius 1 is 0.923 bits per heavy atom. The highest BCUT2D eigenvalue weighted by molar-refractivity contribution is 7.86. The van der Waals surface area contributed by atoms with Crippen LogP contribution >= 0.6 is 0 Å². The van der Waals surface area contributed by atoms with Crippen molar-refractivity contribution in [2.75, 3.05) is 6.61 Å². The molecule has 0 spiro atoms. The van der Waals surface area contributed by atoms with Gasteiger partial charge in [-0.05, 0) is 72.2 Å². The Morgan fingerprint density at radius 2 is 1.54 bits per heavy atom. The van der Waals surface area contributed by atoms with E-state index in [1.54, 1.807) is 53.7 Å². The van der Waals surface area contributed by atoms with Crippen molar-refractivity contribution >= 4 is 33.1 Å². The number of carbonyl (C=O) groups is 2. The second kappa shape index (κ2) is 11.8. The fraction of sp³-hybridized carbons (Fsp3) is 0.448. The Balaban J connectivity index is 1.82. The lowest BCUT2D eigenvalue weighted by atomic mass is 10.0. The second-order valence-electron chi connectivity index (χ2n) is 11.4. The Kier molecular flexibility index (Phi) is 9.12. The topological polar surface area (TPSA) is 113 Å². The zero-order valence-electron chi connectivity index (χ0n) is 23.6. The Bertz CT molecular complexity index is 1410. The van der Waals surface area contributed by atoms with E-state index in [0.717, 1.165) is 22.0 Å². The minimum Gasteiger partial charge on any atom is -0.458 e. The van der Waals surface area contributed by atoms with Crippen LogP contribution in [0.15, 0.2) is 59.6 Å². The molecular formula is C29H38N2O7S. The van der Waals surface area contributed by atoms with Gasteiger partial charge in [-0.15, -0.1) is 0 Å². The van der Waals surface area contributed by atoms with Gasteiger partial charge in [-0.25, -0.2) is 9.59 Å². The highest BCUT2D eigenvalue weighted by Gasteiger charge is 2.30. The van der Waals surface area contributed by atoms with Gasteiger partial charge in [0.05, 0.1) is 11.5 Å². The number of benzene rings is 2. The molecule has 10 heteroatoms. The average molecular weight is 559 g/mol. The molecule has 39 heavy (non-hydrogen) atoms. The van der Waals surface area contributed by atoms with Crippen LogP contribution in [-0.2, 0) is 41.5 Å². The lowest BCUT2D eigenvalue weighted by Gasteiger charge is -2.26. The summed E-state index contributed by atoms with van der Waals surface area (Å²) < 4.78 is 43.3. The van der Waals surface area contributed by atoms with E-state index >= 15 is 0 Å². The van der Waals surface area contributed by atoms with Gasteiger partial charge < -0.3 is 19.4 Å². The van der Waals surface area contributed by atoms with Crippen LogP contribution < -0.4 is 5.32 Å². The number of para-hydroxylation sites is 1. The molecule has 212 valence electrons. The number of hydrogen-bond acceptors (Lipinski definition) is 7. The number of amides is 1. The molecule has 1 atom stereocenters. The summed E-state index contributed by atoms with van der Waals surface area (Å²) in [6, 6.07) is 13.0. The number of hydrogen-bond donors (Lipinski definition) is 1. The van der Waals surface area contributed by atoms with Gasteiger partial charge in [0.1, 0.15) is 17.2 Å². The van der Waals surface area contributed by atoms with Crippen molar-refractivity contribution in [3.63, 3.8) is 0 Å². The first-order valence-corrected chi connectivity index (χ1v) is 14.2. The third kappa shape index (κ3) is 8.83. The second-order valence-corrected chi connectivity index (χ2v) is 13.0. The number of rotatable bonds is 9. The van der Waals surface area contributed by atoms with Crippen LogP contribution in [0.3, 0.4) is 0 Å². The molecule has 2 aromatic carbocycles. The smallest absolute Gasteiger partial charge is 0.408 e. The van der Waals surface area contributed by atoms with Crippen molar-refractivity contribution < 1.29 is 31.7 Å². The van der Waals surface area contributed by atoms with Gasteiger partial charge in [-0.1, -0.05) is 35.9 Å². The van der Waals surface area contributed by atoms with Gasteiger partial charge >= 0.3 is 12.1 Å². The maximum atomic E-state index is 13.1. The molecular weight excluding hydrogens is 520 g/mol. The first-order chi connectivity index (χ1) is 18.0. The molecule has 1 aromatic heterocycles. The molecule has 0 radical (unpaired) electrons. The Labute approximate surface area is 230 Å². The molecule has 1 N–H and O–H groups in total. The number of nitrogens with zero attached hydrogens (tertiary/aromatic N) is 1. The summed E-state index contributed by atoms with van der Waals surface area (Å²) in [5.41, 5.74) is 1.07. The van der Waals surface area contributed by atoms with E-state index in [1.807, 2.05) is 42.0 Å². The molecule has 1 heterocycles. The number of fused-ring (bicyclic) bond motifs is 1. The molecule has 0 aliphatic rings. The van der Waals surface area contributed by atoms with E-state index in [0.29, 0.717) is 0 Å². The quantitative estimate of drug-likeness (QED) is 0.286. The SMILES string of the molecule is Cc1ccc(S(=O)(=O)OCCn2cc(C[C@@H](NC(=O)OC(C)(C)C)C(=O)OC(C)(C)C)c3ccccc32)cc1. The summed E-state index contributed by atoms with van der Waals surface area (Å²) >= 11 is 0. The zero-order chi connectivity index (χ0) is 29.0. The number of carbonyl (C=O) groups excluding carboxylic acids is 2. The predicted octanol–water partition coefficient (Wildman–Crippen LogP) is 5.13. The van der Waals surface area contributed by atoms with Crippen LogP contribution in [0.25, 0.3) is 10.9 Å². The average Bonchev–Trinajstić information content (AvgIpc) is 3.14. The summed E-state index contributed by atoms with van der Waals surface area (Å²) in [4.78, 5) is 25.7. The molecule has 9 nitrogen and oxygen atoms in total. The largest absolute Gasteiger partial charge is 0.458 e. The van der Waals surface area contributed by atoms with Gasteiger partial charge in [0, 0.05) is 30.1 Å². The van der Waals surface area contributed by atoms with E-state index in [-0.39, 0.29) is 24.5 Å². The Morgan fingerprint density at radius 3 is 2.15 bits per heavy atom. The summed E-state index contributed by atoms with van der Waals surface area (Å²) in [6.07, 6.45) is 1.25. The van der Waals surface area contributed by atoms with E-state index in [1.165, 1.54) is 12.1 Å². The monoisotopic (exact) mass is 558 g/mol. The van der Waals surface area contributed by atoms with Crippen molar-refractivity contribution in [1.29, 1.82) is 0 Å². The fourth-order valence-corrected chi connectivity index (χ4v) is 4.82. The third-order valence-corrected chi connectivity index (χ3v) is 6.88. The van der Waals surface area contributed by atoms with Crippen LogP contribution in [0.5, 0.6) is 0 Å². The third-order valence-electron chi connectivity index (χ3n) is 5.56. The number of aryl methyl sites for hydroxylation is 1. The standard InChI is InChI=1S/C29H38N2O7S/c1-20-12-14-22(15-13-20)39(34,35)36-17-16-31-19-21(23-10-8-9-11-25(23)31)18-24(26(32)37-28(2,3)4)30-27(33)38-29(5,6)7/h8-15,19,24H,16-18H2,1-7H3,(H,30,33)/t24-/m1/s1. The number of ether oxygens (including phenoxy) is 2. The minimum atomic E-state index is -3.91. The van der Waals surface area contributed by atoms with Crippen molar-refractivity contribution in [1.82, 2.24) is 9.88 Å². The molecule has 0 aliphatic carbocycles. The number of alkyl carbamates (subject to hydrolysis) is 1. The first kappa shape index (κ1) is 30.2. The van der Waals surface area contributed by atoms with E-state index in [4.69, 9.17) is 13.7 Å². The van der Waals surface area contributed by atoms with Crippen LogP contribution in [0.2, 0.25) is 0 Å². The van der Waals surface area contributed by atoms with Crippen LogP contribution in [0.4, 0.5) is 4.79 Å². The molecule has 0 bridgehead atoms. The molecule has 0 saturated heterocycles. The predicted molar refractivity (Wildman–Crippen MR) is 149 cm³/mol. The first-order valence-electron chi connectivity index (χ1n) is 12.8. The maximum absolute atomic E-state index is 13.1. The van der Waals surface area contributed by atoms with Crippen LogP contribution in [0, 0.1) is 6.92 Å². The van der Waals surface area contributed by atoms with Crippen molar-refractivity contribution in [3.05, 3.63) is 65.9 Å². The van der Waals surface area contributed by atoms with Crippen LogP contribution in [-0.4, -0.2) is 48.9 Å². The van der Waals surface area contributed by atoms with Gasteiger partial charge in [-0.3, -0.25) is 4.18 Å². The number of esters is 1. The normalized spacial score (nSPS) is 13.2. The van der Waals surface area contributed by atoms with E-state index < -0.39 is 39.4 Å². The number of nitrogens with one attached hydrogen (secondary N) is 1. The molecule has 0 aliphatic heterocycles. The van der Waals surface area contributed by atoms with Gasteiger partial charge in [0.25, 0.3) is 10.1 Å². The molecule has 0 unspecified atom stereocenters. The van der Waals surface area contributed by atoms with Gasteiger partial charge in [-0.2, -0.15) is 8.42 Å². The molecule has 0 fully saturated rings. The van der Waals surface area contributed by atoms with Gasteiger partial charge in [0.15, 0.2) is 0 Å². The zero-order valence-corrected chi connectivity index (χ0v) is 24.4.